The minimum Gasteiger partial charge on any atom is -0.370 e. The maximum absolute atomic E-state index is 13.0. The third-order valence-corrected chi connectivity index (χ3v) is 1.68. The van der Waals surface area contributed by atoms with Gasteiger partial charge in [-0.05, 0) is 11.6 Å². The molecule has 3 N–H and O–H groups in total. The van der Waals surface area contributed by atoms with E-state index in [0.717, 1.165) is 6.20 Å². The predicted octanol–water partition coefficient (Wildman–Crippen LogP) is 0.183. The van der Waals surface area contributed by atoms with Crippen molar-refractivity contribution in [3.63, 3.8) is 0 Å². The average molecular weight is 249 g/mol. The van der Waals surface area contributed by atoms with Gasteiger partial charge in [0.25, 0.3) is 0 Å². The van der Waals surface area contributed by atoms with Gasteiger partial charge in [0.2, 0.25) is 11.2 Å². The van der Waals surface area contributed by atoms with Crippen LogP contribution in [0, 0.1) is 5.82 Å². The first-order valence-corrected chi connectivity index (χ1v) is 4.75. The van der Waals surface area contributed by atoms with Crippen molar-refractivity contribution in [1.29, 1.82) is 0 Å². The summed E-state index contributed by atoms with van der Waals surface area (Å²) in [6.45, 7) is 0.302. The van der Waals surface area contributed by atoms with E-state index in [2.05, 4.69) is 15.3 Å². The third-order valence-electron chi connectivity index (χ3n) is 1.50. The van der Waals surface area contributed by atoms with Gasteiger partial charge in [-0.3, -0.25) is 4.79 Å². The highest BCUT2D eigenvalue weighted by Gasteiger charge is 2.04. The van der Waals surface area contributed by atoms with Crippen LogP contribution in [0.25, 0.3) is 0 Å². The standard InChI is InChI=1S/C8H10ClFN4O2/c9-8-13-3-5(10)7(14-8)12-1-2-16-4-6(11)15/h3H,1-2,4H2,(H2,11,15)(H,12,13,14). The summed E-state index contributed by atoms with van der Waals surface area (Å²) >= 11 is 5.48. The monoisotopic (exact) mass is 248 g/mol. The zero-order chi connectivity index (χ0) is 12.0. The third kappa shape index (κ3) is 4.37. The lowest BCUT2D eigenvalue weighted by molar-refractivity contribution is -0.122. The Kier molecular flexibility index (Phi) is 4.87. The molecular formula is C8H10ClFN4O2. The van der Waals surface area contributed by atoms with Crippen LogP contribution in [0.3, 0.4) is 0 Å². The summed E-state index contributed by atoms with van der Waals surface area (Å²) in [5.41, 5.74) is 4.85. The number of anilines is 1. The average Bonchev–Trinajstić information content (AvgIpc) is 2.22. The fourth-order valence-corrected chi connectivity index (χ4v) is 1.02. The van der Waals surface area contributed by atoms with E-state index in [-0.39, 0.29) is 30.9 Å². The van der Waals surface area contributed by atoms with Crippen LogP contribution in [0.2, 0.25) is 5.28 Å². The fourth-order valence-electron chi connectivity index (χ4n) is 0.884. The highest BCUT2D eigenvalue weighted by atomic mass is 35.5. The summed E-state index contributed by atoms with van der Waals surface area (Å²) in [5.74, 6) is -1.18. The van der Waals surface area contributed by atoms with Gasteiger partial charge in [0.15, 0.2) is 11.6 Å². The number of carbonyl (C=O) groups excluding carboxylic acids is 1. The summed E-state index contributed by atoms with van der Waals surface area (Å²) in [5, 5.41) is 2.59. The van der Waals surface area contributed by atoms with Crippen molar-refractivity contribution in [3.05, 3.63) is 17.3 Å². The summed E-state index contributed by atoms with van der Waals surface area (Å²) in [6.07, 6.45) is 0.960. The van der Waals surface area contributed by atoms with Gasteiger partial charge < -0.3 is 15.8 Å². The van der Waals surface area contributed by atoms with Crippen LogP contribution < -0.4 is 11.1 Å². The minimum absolute atomic E-state index is 0.0114. The number of nitrogens with zero attached hydrogens (tertiary/aromatic N) is 2. The van der Waals surface area contributed by atoms with Gasteiger partial charge in [-0.2, -0.15) is 4.98 Å². The topological polar surface area (TPSA) is 90.1 Å². The van der Waals surface area contributed by atoms with E-state index in [4.69, 9.17) is 22.1 Å². The first-order chi connectivity index (χ1) is 7.59. The number of aromatic nitrogens is 2. The molecule has 1 aromatic heterocycles. The van der Waals surface area contributed by atoms with Crippen molar-refractivity contribution in [1.82, 2.24) is 9.97 Å². The summed E-state index contributed by atoms with van der Waals surface area (Å²) in [7, 11) is 0. The van der Waals surface area contributed by atoms with Gasteiger partial charge in [-0.1, -0.05) is 0 Å². The smallest absolute Gasteiger partial charge is 0.243 e. The SMILES string of the molecule is NC(=O)COCCNc1nc(Cl)ncc1F. The molecule has 0 atom stereocenters. The molecule has 0 bridgehead atoms. The van der Waals surface area contributed by atoms with Crippen LogP contribution in [0.5, 0.6) is 0 Å². The lowest BCUT2D eigenvalue weighted by atomic mass is 10.5. The molecule has 6 nitrogen and oxygen atoms in total. The van der Waals surface area contributed by atoms with Gasteiger partial charge in [0.1, 0.15) is 6.61 Å². The van der Waals surface area contributed by atoms with Crippen molar-refractivity contribution in [2.24, 2.45) is 5.73 Å². The number of primary amides is 1. The number of nitrogens with one attached hydrogen (secondary N) is 1. The lowest BCUT2D eigenvalue weighted by Crippen LogP contribution is -2.21. The van der Waals surface area contributed by atoms with E-state index < -0.39 is 11.7 Å². The second-order valence-electron chi connectivity index (χ2n) is 2.78. The largest absolute Gasteiger partial charge is 0.370 e. The molecular weight excluding hydrogens is 239 g/mol. The Bertz CT molecular complexity index is 377. The maximum atomic E-state index is 13.0. The molecule has 1 rings (SSSR count). The molecule has 0 spiro atoms. The molecule has 0 saturated carbocycles. The molecule has 0 fully saturated rings. The Balaban J connectivity index is 2.31. The number of ether oxygens (including phenoxy) is 1. The first-order valence-electron chi connectivity index (χ1n) is 4.37. The van der Waals surface area contributed by atoms with Crippen LogP contribution in [-0.4, -0.2) is 35.6 Å². The van der Waals surface area contributed by atoms with Crippen molar-refractivity contribution < 1.29 is 13.9 Å². The van der Waals surface area contributed by atoms with E-state index in [1.165, 1.54) is 0 Å². The second-order valence-corrected chi connectivity index (χ2v) is 3.12. The van der Waals surface area contributed by atoms with Crippen molar-refractivity contribution in [2.45, 2.75) is 0 Å². The number of amides is 1. The number of hydrogen-bond donors (Lipinski definition) is 2. The molecule has 0 unspecified atom stereocenters. The Labute approximate surface area is 96.0 Å². The van der Waals surface area contributed by atoms with Gasteiger partial charge in [0.05, 0.1) is 12.8 Å². The quantitative estimate of drug-likeness (QED) is 0.554. The van der Waals surface area contributed by atoms with Gasteiger partial charge in [-0.15, -0.1) is 0 Å². The Morgan fingerprint density at radius 1 is 1.69 bits per heavy atom. The molecule has 0 aliphatic rings. The van der Waals surface area contributed by atoms with Gasteiger partial charge in [-0.25, -0.2) is 9.37 Å². The van der Waals surface area contributed by atoms with Crippen LogP contribution in [0.15, 0.2) is 6.20 Å². The van der Waals surface area contributed by atoms with Crippen molar-refractivity contribution in [3.8, 4) is 0 Å². The van der Waals surface area contributed by atoms with Crippen LogP contribution in [0.1, 0.15) is 0 Å². The molecule has 0 saturated heterocycles. The van der Waals surface area contributed by atoms with Gasteiger partial charge in [0, 0.05) is 6.54 Å². The zero-order valence-corrected chi connectivity index (χ0v) is 9.00. The highest BCUT2D eigenvalue weighted by Crippen LogP contribution is 2.11. The first kappa shape index (κ1) is 12.6. The molecule has 1 heterocycles. The molecule has 8 heteroatoms. The number of hydrogen-bond acceptors (Lipinski definition) is 5. The molecule has 0 aliphatic heterocycles. The van der Waals surface area contributed by atoms with Gasteiger partial charge >= 0.3 is 0 Å². The molecule has 0 aromatic carbocycles. The van der Waals surface area contributed by atoms with Crippen molar-refractivity contribution >= 4 is 23.3 Å². The number of nitrogens with two attached hydrogens (primary N) is 1. The minimum atomic E-state index is -0.612. The van der Waals surface area contributed by atoms with Crippen LogP contribution >= 0.6 is 11.6 Å². The maximum Gasteiger partial charge on any atom is 0.243 e. The Hall–Kier alpha value is -1.47. The number of carbonyl (C=O) groups is 1. The van der Waals surface area contributed by atoms with E-state index in [1.807, 2.05) is 0 Å². The number of halogens is 2. The molecule has 88 valence electrons. The van der Waals surface area contributed by atoms with E-state index in [9.17, 15) is 9.18 Å². The van der Waals surface area contributed by atoms with Crippen LogP contribution in [-0.2, 0) is 9.53 Å². The fraction of sp³-hybridized carbons (Fsp3) is 0.375. The molecule has 0 radical (unpaired) electrons. The van der Waals surface area contributed by atoms with E-state index in [0.29, 0.717) is 0 Å². The molecule has 0 aliphatic carbocycles. The number of rotatable bonds is 6. The normalized spacial score (nSPS) is 10.1. The zero-order valence-electron chi connectivity index (χ0n) is 8.24. The Morgan fingerprint density at radius 3 is 3.12 bits per heavy atom. The van der Waals surface area contributed by atoms with Crippen molar-refractivity contribution in [2.75, 3.05) is 25.1 Å². The lowest BCUT2D eigenvalue weighted by Gasteiger charge is -2.06. The van der Waals surface area contributed by atoms with Crippen LogP contribution in [0.4, 0.5) is 10.2 Å². The second kappa shape index (κ2) is 6.19. The van der Waals surface area contributed by atoms with E-state index in [1.54, 1.807) is 0 Å². The molecule has 16 heavy (non-hydrogen) atoms. The van der Waals surface area contributed by atoms with E-state index >= 15 is 0 Å². The highest BCUT2D eigenvalue weighted by molar-refractivity contribution is 6.28. The molecule has 1 amide bonds. The Morgan fingerprint density at radius 2 is 2.44 bits per heavy atom. The summed E-state index contributed by atoms with van der Waals surface area (Å²) in [6, 6.07) is 0. The summed E-state index contributed by atoms with van der Waals surface area (Å²) < 4.78 is 17.9. The summed E-state index contributed by atoms with van der Waals surface area (Å²) in [4.78, 5) is 17.4. The molecule has 1 aromatic rings. The predicted molar refractivity (Wildman–Crippen MR) is 55.5 cm³/mol.